The SMILES string of the molecule is COC(=O)C(NC(=O)OC(C)(C)C)C(O)CCNC(=O)OC(C)(C)C. The first-order chi connectivity index (χ1) is 11.2. The van der Waals surface area contributed by atoms with Crippen LogP contribution in [0.2, 0.25) is 0 Å². The van der Waals surface area contributed by atoms with Gasteiger partial charge in [-0.1, -0.05) is 0 Å². The summed E-state index contributed by atoms with van der Waals surface area (Å²) in [5.74, 6) is -0.823. The summed E-state index contributed by atoms with van der Waals surface area (Å²) in [6, 6.07) is -1.32. The molecule has 2 amide bonds. The molecule has 9 nitrogen and oxygen atoms in total. The van der Waals surface area contributed by atoms with Gasteiger partial charge in [0, 0.05) is 6.54 Å². The maximum Gasteiger partial charge on any atom is 0.408 e. The first-order valence-corrected chi connectivity index (χ1v) is 7.97. The van der Waals surface area contributed by atoms with Gasteiger partial charge in [-0.2, -0.15) is 0 Å². The summed E-state index contributed by atoms with van der Waals surface area (Å²) < 4.78 is 14.7. The number of amides is 2. The number of nitrogens with one attached hydrogen (secondary N) is 2. The molecule has 0 aromatic carbocycles. The molecule has 2 atom stereocenters. The molecule has 0 radical (unpaired) electrons. The van der Waals surface area contributed by atoms with Crippen LogP contribution in [-0.2, 0) is 19.0 Å². The molecule has 0 spiro atoms. The lowest BCUT2D eigenvalue weighted by Crippen LogP contribution is -2.51. The van der Waals surface area contributed by atoms with Crippen LogP contribution in [0.25, 0.3) is 0 Å². The van der Waals surface area contributed by atoms with E-state index in [1.54, 1.807) is 41.5 Å². The average Bonchev–Trinajstić information content (AvgIpc) is 2.39. The monoisotopic (exact) mass is 362 g/mol. The molecule has 0 bridgehead atoms. The molecule has 0 aromatic heterocycles. The number of hydrogen-bond acceptors (Lipinski definition) is 7. The predicted octanol–water partition coefficient (Wildman–Crippen LogP) is 1.33. The fraction of sp³-hybridized carbons (Fsp3) is 0.812. The molecule has 0 aliphatic heterocycles. The number of rotatable bonds is 6. The standard InChI is InChI=1S/C16H30N2O7/c1-15(2,3)24-13(21)17-9-8-10(19)11(12(20)23-7)18-14(22)25-16(4,5)6/h10-11,19H,8-9H2,1-7H3,(H,17,21)(H,18,22). The van der Waals surface area contributed by atoms with Crippen LogP contribution in [0.4, 0.5) is 9.59 Å². The Hall–Kier alpha value is -2.03. The molecule has 0 rings (SSSR count). The zero-order valence-electron chi connectivity index (χ0n) is 16.0. The summed E-state index contributed by atoms with van der Waals surface area (Å²) in [5.41, 5.74) is -1.40. The van der Waals surface area contributed by atoms with Crippen LogP contribution in [0.15, 0.2) is 0 Å². The minimum Gasteiger partial charge on any atom is -0.467 e. The number of aliphatic hydroxyl groups is 1. The molecule has 0 aliphatic carbocycles. The third-order valence-electron chi connectivity index (χ3n) is 2.62. The third-order valence-corrected chi connectivity index (χ3v) is 2.62. The van der Waals surface area contributed by atoms with Crippen LogP contribution in [-0.4, -0.2) is 60.3 Å². The number of hydrogen-bond donors (Lipinski definition) is 3. The molecule has 0 aromatic rings. The molecular formula is C16H30N2O7. The lowest BCUT2D eigenvalue weighted by Gasteiger charge is -2.25. The number of ether oxygens (including phenoxy) is 3. The summed E-state index contributed by atoms with van der Waals surface area (Å²) in [7, 11) is 1.14. The van der Waals surface area contributed by atoms with E-state index in [0.29, 0.717) is 0 Å². The average molecular weight is 362 g/mol. The zero-order chi connectivity index (χ0) is 19.8. The molecule has 0 heterocycles. The second-order valence-electron chi connectivity index (χ2n) is 7.43. The van der Waals surface area contributed by atoms with Gasteiger partial charge in [0.15, 0.2) is 6.04 Å². The van der Waals surface area contributed by atoms with Crippen molar-refractivity contribution in [2.75, 3.05) is 13.7 Å². The van der Waals surface area contributed by atoms with Gasteiger partial charge in [-0.3, -0.25) is 0 Å². The van der Waals surface area contributed by atoms with E-state index < -0.39 is 41.5 Å². The molecule has 3 N–H and O–H groups in total. The van der Waals surface area contributed by atoms with Crippen molar-refractivity contribution in [3.63, 3.8) is 0 Å². The molecule has 0 aliphatic rings. The first-order valence-electron chi connectivity index (χ1n) is 7.97. The van der Waals surface area contributed by atoms with E-state index in [1.165, 1.54) is 0 Å². The van der Waals surface area contributed by atoms with Crippen molar-refractivity contribution >= 4 is 18.2 Å². The smallest absolute Gasteiger partial charge is 0.408 e. The lowest BCUT2D eigenvalue weighted by molar-refractivity contribution is -0.146. The number of alkyl carbamates (subject to hydrolysis) is 2. The van der Waals surface area contributed by atoms with Crippen LogP contribution in [0, 0.1) is 0 Å². The van der Waals surface area contributed by atoms with Gasteiger partial charge >= 0.3 is 18.2 Å². The Morgan fingerprint density at radius 3 is 1.88 bits per heavy atom. The van der Waals surface area contributed by atoms with Gasteiger partial charge < -0.3 is 30.0 Å². The summed E-state index contributed by atoms with van der Waals surface area (Å²) in [6.45, 7) is 10.2. The highest BCUT2D eigenvalue weighted by atomic mass is 16.6. The minimum absolute atomic E-state index is 0.00515. The van der Waals surface area contributed by atoms with Gasteiger partial charge in [0.1, 0.15) is 11.2 Å². The molecule has 0 saturated carbocycles. The van der Waals surface area contributed by atoms with Crippen LogP contribution in [0.1, 0.15) is 48.0 Å². The summed E-state index contributed by atoms with van der Waals surface area (Å²) in [6.07, 6.45) is -2.79. The highest BCUT2D eigenvalue weighted by Gasteiger charge is 2.31. The van der Waals surface area contributed by atoms with Crippen LogP contribution < -0.4 is 10.6 Å². The molecule has 0 fully saturated rings. The second-order valence-corrected chi connectivity index (χ2v) is 7.43. The summed E-state index contributed by atoms with van der Waals surface area (Å²) in [4.78, 5) is 35.1. The molecule has 25 heavy (non-hydrogen) atoms. The fourth-order valence-electron chi connectivity index (χ4n) is 1.68. The summed E-state index contributed by atoms with van der Waals surface area (Å²) in [5, 5.41) is 14.9. The number of esters is 1. The van der Waals surface area contributed by atoms with Crippen LogP contribution >= 0.6 is 0 Å². The van der Waals surface area contributed by atoms with Gasteiger partial charge in [-0.25, -0.2) is 14.4 Å². The van der Waals surface area contributed by atoms with Gasteiger partial charge in [-0.05, 0) is 48.0 Å². The molecule has 2 unspecified atom stereocenters. The highest BCUT2D eigenvalue weighted by molar-refractivity contribution is 5.82. The number of methoxy groups -OCH3 is 1. The van der Waals surface area contributed by atoms with E-state index >= 15 is 0 Å². The molecule has 146 valence electrons. The van der Waals surface area contributed by atoms with Crippen LogP contribution in [0.5, 0.6) is 0 Å². The van der Waals surface area contributed by atoms with Crippen molar-refractivity contribution in [3.8, 4) is 0 Å². The first kappa shape index (κ1) is 23.0. The normalized spacial score (nSPS) is 14.1. The highest BCUT2D eigenvalue weighted by Crippen LogP contribution is 2.09. The maximum absolute atomic E-state index is 11.8. The minimum atomic E-state index is -1.32. The van der Waals surface area contributed by atoms with Crippen molar-refractivity contribution in [2.24, 2.45) is 0 Å². The van der Waals surface area contributed by atoms with Crippen molar-refractivity contribution in [1.29, 1.82) is 0 Å². The van der Waals surface area contributed by atoms with E-state index in [1.807, 2.05) is 0 Å². The van der Waals surface area contributed by atoms with Gasteiger partial charge in [0.2, 0.25) is 0 Å². The Morgan fingerprint density at radius 2 is 1.44 bits per heavy atom. The second kappa shape index (κ2) is 9.45. The van der Waals surface area contributed by atoms with E-state index in [0.717, 1.165) is 7.11 Å². The predicted molar refractivity (Wildman–Crippen MR) is 90.0 cm³/mol. The Labute approximate surface area is 148 Å². The topological polar surface area (TPSA) is 123 Å². The van der Waals surface area contributed by atoms with Crippen LogP contribution in [0.3, 0.4) is 0 Å². The maximum atomic E-state index is 11.8. The number of carbonyl (C=O) groups is 3. The van der Waals surface area contributed by atoms with Gasteiger partial charge in [0.25, 0.3) is 0 Å². The number of aliphatic hydroxyl groups excluding tert-OH is 1. The third kappa shape index (κ3) is 11.2. The van der Waals surface area contributed by atoms with Crippen molar-refractivity contribution in [2.45, 2.75) is 71.3 Å². The lowest BCUT2D eigenvalue weighted by atomic mass is 10.1. The Balaban J connectivity index is 4.60. The van der Waals surface area contributed by atoms with E-state index in [2.05, 4.69) is 15.4 Å². The van der Waals surface area contributed by atoms with E-state index in [-0.39, 0.29) is 13.0 Å². The van der Waals surface area contributed by atoms with Crippen molar-refractivity contribution < 1.29 is 33.7 Å². The number of carbonyl (C=O) groups excluding carboxylic acids is 3. The van der Waals surface area contributed by atoms with Gasteiger partial charge in [-0.15, -0.1) is 0 Å². The van der Waals surface area contributed by atoms with E-state index in [4.69, 9.17) is 9.47 Å². The molecule has 9 heteroatoms. The fourth-order valence-corrected chi connectivity index (χ4v) is 1.68. The van der Waals surface area contributed by atoms with E-state index in [9.17, 15) is 19.5 Å². The zero-order valence-corrected chi connectivity index (χ0v) is 16.0. The van der Waals surface area contributed by atoms with Crippen molar-refractivity contribution in [1.82, 2.24) is 10.6 Å². The molecular weight excluding hydrogens is 332 g/mol. The largest absolute Gasteiger partial charge is 0.467 e. The Kier molecular flexibility index (Phi) is 8.68. The molecule has 0 saturated heterocycles. The quantitative estimate of drug-likeness (QED) is 0.481. The van der Waals surface area contributed by atoms with Crippen molar-refractivity contribution in [3.05, 3.63) is 0 Å². The van der Waals surface area contributed by atoms with Gasteiger partial charge in [0.05, 0.1) is 13.2 Å². The Bertz CT molecular complexity index is 466. The Morgan fingerprint density at radius 1 is 0.960 bits per heavy atom. The summed E-state index contributed by atoms with van der Waals surface area (Å²) >= 11 is 0.